The van der Waals surface area contributed by atoms with Crippen molar-refractivity contribution in [3.63, 3.8) is 0 Å². The maximum Gasteiger partial charge on any atom is 0.341 e. The Kier molecular flexibility index (Phi) is 5.92. The van der Waals surface area contributed by atoms with E-state index in [0.29, 0.717) is 28.4 Å². The number of hydrogen-bond donors (Lipinski definition) is 0. The van der Waals surface area contributed by atoms with E-state index in [9.17, 15) is 14.0 Å². The third-order valence-electron chi connectivity index (χ3n) is 6.39. The number of methoxy groups -OCH3 is 2. The molecule has 35 heavy (non-hydrogen) atoms. The molecule has 1 aliphatic heterocycles. The molecule has 2 aromatic carbocycles. The quantitative estimate of drug-likeness (QED) is 0.472. The van der Waals surface area contributed by atoms with Gasteiger partial charge in [-0.2, -0.15) is 0 Å². The summed E-state index contributed by atoms with van der Waals surface area (Å²) in [6, 6.07) is 8.17. The Balaban J connectivity index is 1.62. The molecule has 1 fully saturated rings. The molecule has 1 aliphatic carbocycles. The maximum atomic E-state index is 15.0. The molecule has 0 saturated heterocycles. The summed E-state index contributed by atoms with van der Waals surface area (Å²) in [7, 11) is 3.13. The number of amides is 1. The van der Waals surface area contributed by atoms with Crippen LogP contribution in [-0.4, -0.2) is 47.2 Å². The molecule has 2 aliphatic rings. The average Bonchev–Trinajstić information content (AvgIpc) is 3.63. The van der Waals surface area contributed by atoms with Crippen LogP contribution >= 0.6 is 0 Å². The number of carbonyl (C=O) groups excluding carboxylic acids is 2. The number of hydrogen-bond acceptors (Lipinski definition) is 6. The van der Waals surface area contributed by atoms with E-state index in [1.165, 1.54) is 12.1 Å². The number of carbonyl (C=O) groups is 2. The zero-order chi connectivity index (χ0) is 24.7. The van der Waals surface area contributed by atoms with Gasteiger partial charge in [0.2, 0.25) is 0 Å². The van der Waals surface area contributed by atoms with E-state index in [1.807, 2.05) is 6.07 Å². The van der Waals surface area contributed by atoms with E-state index >= 15 is 0 Å². The summed E-state index contributed by atoms with van der Waals surface area (Å²) < 4.78 is 32.5. The molecule has 1 amide bonds. The van der Waals surface area contributed by atoms with Crippen LogP contribution in [0.2, 0.25) is 0 Å². The lowest BCUT2D eigenvalue weighted by molar-refractivity contribution is 0.0520. The van der Waals surface area contributed by atoms with Gasteiger partial charge in [0.15, 0.2) is 0 Å². The van der Waals surface area contributed by atoms with Gasteiger partial charge in [0.25, 0.3) is 5.91 Å². The van der Waals surface area contributed by atoms with Gasteiger partial charge in [-0.3, -0.25) is 9.36 Å². The first-order chi connectivity index (χ1) is 16.9. The Bertz CT molecular complexity index is 1310. The van der Waals surface area contributed by atoms with Crippen LogP contribution in [-0.2, 0) is 17.8 Å². The van der Waals surface area contributed by atoms with Crippen LogP contribution in [0.15, 0.2) is 36.7 Å². The lowest BCUT2D eigenvalue weighted by Crippen LogP contribution is -2.30. The van der Waals surface area contributed by atoms with Crippen LogP contribution in [0.4, 0.5) is 4.39 Å². The summed E-state index contributed by atoms with van der Waals surface area (Å²) in [5, 5.41) is 0. The number of benzene rings is 2. The molecule has 182 valence electrons. The topological polar surface area (TPSA) is 82.9 Å². The second-order valence-corrected chi connectivity index (χ2v) is 8.64. The highest BCUT2D eigenvalue weighted by Gasteiger charge is 2.37. The number of aromatic nitrogens is 2. The second-order valence-electron chi connectivity index (χ2n) is 8.64. The summed E-state index contributed by atoms with van der Waals surface area (Å²) in [5.41, 5.74) is 2.90. The first-order valence-electron chi connectivity index (χ1n) is 11.5. The molecule has 0 unspecified atom stereocenters. The van der Waals surface area contributed by atoms with Crippen LogP contribution in [0.5, 0.6) is 11.5 Å². The van der Waals surface area contributed by atoms with E-state index in [1.54, 1.807) is 49.1 Å². The van der Waals surface area contributed by atoms with E-state index in [-0.39, 0.29) is 37.1 Å². The molecule has 0 N–H and O–H groups in total. The average molecular weight is 480 g/mol. The van der Waals surface area contributed by atoms with E-state index < -0.39 is 11.8 Å². The molecule has 3 aromatic rings. The minimum absolute atomic E-state index is 0.132. The number of esters is 1. The Labute approximate surface area is 202 Å². The van der Waals surface area contributed by atoms with Gasteiger partial charge in [0.05, 0.1) is 44.3 Å². The van der Waals surface area contributed by atoms with Crippen molar-refractivity contribution in [1.82, 2.24) is 14.5 Å². The number of halogens is 1. The van der Waals surface area contributed by atoms with Crippen LogP contribution in [0.25, 0.3) is 5.69 Å². The summed E-state index contributed by atoms with van der Waals surface area (Å²) >= 11 is 0. The fourth-order valence-corrected chi connectivity index (χ4v) is 4.48. The summed E-state index contributed by atoms with van der Waals surface area (Å²) in [4.78, 5) is 32.4. The summed E-state index contributed by atoms with van der Waals surface area (Å²) in [5.74, 6) is -0.201. The van der Waals surface area contributed by atoms with Crippen molar-refractivity contribution in [2.45, 2.75) is 38.8 Å². The molecule has 9 heteroatoms. The number of nitrogens with zero attached hydrogens (tertiary/aromatic N) is 3. The van der Waals surface area contributed by atoms with Crippen molar-refractivity contribution < 1.29 is 28.2 Å². The highest BCUT2D eigenvalue weighted by molar-refractivity contribution is 5.96. The highest BCUT2D eigenvalue weighted by Crippen LogP contribution is 2.43. The molecular weight excluding hydrogens is 453 g/mol. The van der Waals surface area contributed by atoms with Crippen molar-refractivity contribution in [1.29, 1.82) is 0 Å². The molecule has 0 bridgehead atoms. The van der Waals surface area contributed by atoms with Crippen molar-refractivity contribution >= 4 is 11.9 Å². The van der Waals surface area contributed by atoms with Gasteiger partial charge < -0.3 is 19.1 Å². The largest absolute Gasteiger partial charge is 0.497 e. The number of fused-ring (bicyclic) bond motifs is 3. The third kappa shape index (κ3) is 4.11. The Hall–Kier alpha value is -3.88. The number of imidazole rings is 1. The predicted molar refractivity (Wildman–Crippen MR) is 125 cm³/mol. The minimum Gasteiger partial charge on any atom is -0.497 e. The fourth-order valence-electron chi connectivity index (χ4n) is 4.48. The van der Waals surface area contributed by atoms with Gasteiger partial charge in [-0.25, -0.2) is 14.2 Å². The standard InChI is InChI=1S/C26H26FN3O5/c1-4-35-26(32)19-11-21-17(9-20(19)27)13-29(12-16-7-8-18(33-2)10-22(16)34-3)25(31)24-23(15-5-6-15)28-14-30(21)24/h7-11,14-15H,4-6,12-13H2,1-3H3. The van der Waals surface area contributed by atoms with Crippen LogP contribution in [0.1, 0.15) is 63.4 Å². The van der Waals surface area contributed by atoms with Crippen molar-refractivity contribution in [2.75, 3.05) is 20.8 Å². The van der Waals surface area contributed by atoms with Crippen molar-refractivity contribution in [3.05, 3.63) is 70.6 Å². The van der Waals surface area contributed by atoms with Crippen LogP contribution in [0, 0.1) is 5.82 Å². The molecule has 0 spiro atoms. The van der Waals surface area contributed by atoms with Gasteiger partial charge in [0, 0.05) is 24.1 Å². The molecule has 0 atom stereocenters. The SMILES string of the molecule is CCOC(=O)c1cc2c(cc1F)CN(Cc1ccc(OC)cc1OC)C(=O)c1c(C3CC3)ncn1-2. The Morgan fingerprint density at radius 2 is 1.97 bits per heavy atom. The monoisotopic (exact) mass is 479 g/mol. The molecule has 0 radical (unpaired) electrons. The van der Waals surface area contributed by atoms with Gasteiger partial charge in [-0.15, -0.1) is 0 Å². The molecule has 1 saturated carbocycles. The lowest BCUT2D eigenvalue weighted by Gasteiger charge is -2.23. The van der Waals surface area contributed by atoms with Crippen molar-refractivity contribution in [3.8, 4) is 17.2 Å². The summed E-state index contributed by atoms with van der Waals surface area (Å²) in [6.07, 6.45) is 3.52. The van der Waals surface area contributed by atoms with Crippen molar-refractivity contribution in [2.24, 2.45) is 0 Å². The van der Waals surface area contributed by atoms with E-state index in [0.717, 1.165) is 24.1 Å². The first-order valence-corrected chi connectivity index (χ1v) is 11.5. The smallest absolute Gasteiger partial charge is 0.341 e. The highest BCUT2D eigenvalue weighted by atomic mass is 19.1. The van der Waals surface area contributed by atoms with Gasteiger partial charge in [-0.1, -0.05) is 0 Å². The minimum atomic E-state index is -0.743. The Morgan fingerprint density at radius 1 is 1.17 bits per heavy atom. The number of rotatable bonds is 7. The zero-order valence-corrected chi connectivity index (χ0v) is 19.8. The van der Waals surface area contributed by atoms with Gasteiger partial charge in [-0.05, 0) is 49.6 Å². The summed E-state index contributed by atoms with van der Waals surface area (Å²) in [6.45, 7) is 2.18. The van der Waals surface area contributed by atoms with Gasteiger partial charge >= 0.3 is 5.97 Å². The zero-order valence-electron chi connectivity index (χ0n) is 19.8. The van der Waals surface area contributed by atoms with E-state index in [2.05, 4.69) is 4.98 Å². The maximum absolute atomic E-state index is 15.0. The molecule has 5 rings (SSSR count). The van der Waals surface area contributed by atoms with Crippen LogP contribution < -0.4 is 9.47 Å². The number of ether oxygens (including phenoxy) is 3. The van der Waals surface area contributed by atoms with E-state index in [4.69, 9.17) is 14.2 Å². The molecular formula is C26H26FN3O5. The predicted octanol–water partition coefficient (Wildman–Crippen LogP) is 4.24. The van der Waals surface area contributed by atoms with Gasteiger partial charge in [0.1, 0.15) is 29.3 Å². The lowest BCUT2D eigenvalue weighted by atomic mass is 10.1. The first kappa shape index (κ1) is 22.9. The molecule has 2 heterocycles. The normalized spacial score (nSPS) is 14.7. The van der Waals surface area contributed by atoms with Crippen LogP contribution in [0.3, 0.4) is 0 Å². The fraction of sp³-hybridized carbons (Fsp3) is 0.346. The second kappa shape index (κ2) is 9.05. The Morgan fingerprint density at radius 3 is 2.66 bits per heavy atom. The third-order valence-corrected chi connectivity index (χ3v) is 6.39. The molecule has 8 nitrogen and oxygen atoms in total. The molecule has 1 aromatic heterocycles.